The molecule has 0 radical (unpaired) electrons. The van der Waals surface area contributed by atoms with E-state index in [9.17, 15) is 9.00 Å². The summed E-state index contributed by atoms with van der Waals surface area (Å²) in [4.78, 5) is 11.9. The fourth-order valence-electron chi connectivity index (χ4n) is 1.57. The first-order valence-electron chi connectivity index (χ1n) is 6.01. The highest BCUT2D eigenvalue weighted by atomic mass is 32.2. The van der Waals surface area contributed by atoms with Crippen molar-refractivity contribution in [1.29, 1.82) is 0 Å². The molecule has 0 aliphatic carbocycles. The van der Waals surface area contributed by atoms with Crippen molar-refractivity contribution in [2.75, 3.05) is 11.9 Å². The zero-order valence-electron chi connectivity index (χ0n) is 10.8. The van der Waals surface area contributed by atoms with Gasteiger partial charge in [0, 0.05) is 21.7 Å². The smallest absolute Gasteiger partial charge is 0.239 e. The second-order valence-corrected chi connectivity index (χ2v) is 6.38. The van der Waals surface area contributed by atoms with Crippen LogP contribution < -0.4 is 11.1 Å². The molecule has 3 atom stereocenters. The van der Waals surface area contributed by atoms with Crippen molar-refractivity contribution < 1.29 is 9.00 Å². The summed E-state index contributed by atoms with van der Waals surface area (Å²) in [6.45, 7) is 4.02. The fourth-order valence-corrected chi connectivity index (χ4v) is 2.91. The SMILES string of the molecule is CC(CCN)S(=O)C(C)C(=O)Nc1ccccc1. The Bertz CT molecular complexity index is 409. The molecule has 0 saturated carbocycles. The second-order valence-electron chi connectivity index (χ2n) is 4.21. The van der Waals surface area contributed by atoms with Gasteiger partial charge in [0.2, 0.25) is 5.91 Å². The third-order valence-corrected chi connectivity index (χ3v) is 4.67. The van der Waals surface area contributed by atoms with Crippen LogP contribution in [0.2, 0.25) is 0 Å². The van der Waals surface area contributed by atoms with Gasteiger partial charge in [-0.1, -0.05) is 25.1 Å². The number of anilines is 1. The highest BCUT2D eigenvalue weighted by molar-refractivity contribution is 7.87. The molecule has 0 aromatic heterocycles. The van der Waals surface area contributed by atoms with E-state index in [1.807, 2.05) is 25.1 Å². The van der Waals surface area contributed by atoms with E-state index >= 15 is 0 Å². The molecule has 0 fully saturated rings. The first-order valence-corrected chi connectivity index (χ1v) is 7.29. The maximum Gasteiger partial charge on any atom is 0.239 e. The van der Waals surface area contributed by atoms with Crippen LogP contribution in [0.3, 0.4) is 0 Å². The van der Waals surface area contributed by atoms with Gasteiger partial charge in [-0.25, -0.2) is 0 Å². The van der Waals surface area contributed by atoms with Crippen LogP contribution in [0.1, 0.15) is 20.3 Å². The van der Waals surface area contributed by atoms with Gasteiger partial charge in [0.25, 0.3) is 0 Å². The number of hydrogen-bond donors (Lipinski definition) is 2. The van der Waals surface area contributed by atoms with E-state index in [0.717, 1.165) is 5.69 Å². The van der Waals surface area contributed by atoms with Crippen molar-refractivity contribution in [1.82, 2.24) is 0 Å². The van der Waals surface area contributed by atoms with Gasteiger partial charge in [0.1, 0.15) is 5.25 Å². The summed E-state index contributed by atoms with van der Waals surface area (Å²) in [5, 5.41) is 2.16. The molecule has 0 saturated heterocycles. The average molecular weight is 268 g/mol. The quantitative estimate of drug-likeness (QED) is 0.821. The zero-order valence-corrected chi connectivity index (χ0v) is 11.6. The molecule has 3 unspecified atom stereocenters. The van der Waals surface area contributed by atoms with E-state index in [2.05, 4.69) is 5.32 Å². The van der Waals surface area contributed by atoms with Gasteiger partial charge in [-0.2, -0.15) is 0 Å². The summed E-state index contributed by atoms with van der Waals surface area (Å²) >= 11 is 0. The van der Waals surface area contributed by atoms with Gasteiger partial charge in [-0.15, -0.1) is 0 Å². The molecule has 1 aromatic carbocycles. The standard InChI is InChI=1S/C13H20N2O2S/c1-10(8-9-14)18(17)11(2)13(16)15-12-6-4-3-5-7-12/h3-7,10-11H,8-9,14H2,1-2H3,(H,15,16). The van der Waals surface area contributed by atoms with E-state index in [1.54, 1.807) is 19.1 Å². The fraction of sp³-hybridized carbons (Fsp3) is 0.462. The number of carbonyl (C=O) groups excluding carboxylic acids is 1. The Morgan fingerprint density at radius 1 is 1.33 bits per heavy atom. The minimum Gasteiger partial charge on any atom is -0.330 e. The van der Waals surface area contributed by atoms with E-state index in [4.69, 9.17) is 5.73 Å². The zero-order chi connectivity index (χ0) is 13.5. The van der Waals surface area contributed by atoms with Crippen molar-refractivity contribution in [2.45, 2.75) is 30.8 Å². The molecule has 0 aliphatic heterocycles. The number of amides is 1. The van der Waals surface area contributed by atoms with Crippen LogP contribution in [0.4, 0.5) is 5.69 Å². The topological polar surface area (TPSA) is 72.2 Å². The van der Waals surface area contributed by atoms with Crippen LogP contribution in [0.25, 0.3) is 0 Å². The van der Waals surface area contributed by atoms with Crippen molar-refractivity contribution in [3.63, 3.8) is 0 Å². The summed E-state index contributed by atoms with van der Waals surface area (Å²) in [6.07, 6.45) is 0.662. The third kappa shape index (κ3) is 4.23. The molecule has 1 aromatic rings. The normalized spacial score (nSPS) is 15.7. The monoisotopic (exact) mass is 268 g/mol. The van der Waals surface area contributed by atoms with Crippen LogP contribution in [0, 0.1) is 0 Å². The number of para-hydroxylation sites is 1. The largest absolute Gasteiger partial charge is 0.330 e. The molecule has 100 valence electrons. The lowest BCUT2D eigenvalue weighted by atomic mass is 10.3. The summed E-state index contributed by atoms with van der Waals surface area (Å²) in [6, 6.07) is 9.16. The summed E-state index contributed by atoms with van der Waals surface area (Å²) in [5.41, 5.74) is 6.15. The van der Waals surface area contributed by atoms with Crippen LogP contribution in [-0.2, 0) is 15.6 Å². The lowest BCUT2D eigenvalue weighted by Crippen LogP contribution is -2.34. The lowest BCUT2D eigenvalue weighted by Gasteiger charge is -2.16. The minimum absolute atomic E-state index is 0.0634. The number of carbonyl (C=O) groups is 1. The molecule has 0 heterocycles. The number of rotatable bonds is 6. The maximum atomic E-state index is 12.1. The van der Waals surface area contributed by atoms with Gasteiger partial charge < -0.3 is 11.1 Å². The van der Waals surface area contributed by atoms with Gasteiger partial charge in [-0.3, -0.25) is 9.00 Å². The first-order chi connectivity index (χ1) is 8.56. The first kappa shape index (κ1) is 14.9. The third-order valence-electron chi connectivity index (χ3n) is 2.73. The van der Waals surface area contributed by atoms with E-state index < -0.39 is 16.0 Å². The number of benzene rings is 1. The molecule has 4 nitrogen and oxygen atoms in total. The van der Waals surface area contributed by atoms with Crippen molar-refractivity contribution >= 4 is 22.4 Å². The van der Waals surface area contributed by atoms with Crippen molar-refractivity contribution in [2.24, 2.45) is 5.73 Å². The molecular weight excluding hydrogens is 248 g/mol. The average Bonchev–Trinajstić information content (AvgIpc) is 2.38. The lowest BCUT2D eigenvalue weighted by molar-refractivity contribution is -0.115. The summed E-state index contributed by atoms with van der Waals surface area (Å²) < 4.78 is 12.1. The number of nitrogens with two attached hydrogens (primary N) is 1. The molecule has 18 heavy (non-hydrogen) atoms. The Balaban J connectivity index is 2.59. The highest BCUT2D eigenvalue weighted by Crippen LogP contribution is 2.11. The van der Waals surface area contributed by atoms with E-state index in [0.29, 0.717) is 13.0 Å². The second kappa shape index (κ2) is 7.28. The summed E-state index contributed by atoms with van der Waals surface area (Å²) in [5.74, 6) is -0.219. The molecule has 1 rings (SSSR count). The number of hydrogen-bond acceptors (Lipinski definition) is 3. The molecule has 3 N–H and O–H groups in total. The van der Waals surface area contributed by atoms with Gasteiger partial charge >= 0.3 is 0 Å². The van der Waals surface area contributed by atoms with E-state index in [1.165, 1.54) is 0 Å². The molecule has 1 amide bonds. The Morgan fingerprint density at radius 2 is 1.94 bits per heavy atom. The van der Waals surface area contributed by atoms with Crippen molar-refractivity contribution in [3.05, 3.63) is 30.3 Å². The molecule has 0 spiro atoms. The van der Waals surface area contributed by atoms with Crippen LogP contribution in [-0.4, -0.2) is 27.2 Å². The number of nitrogens with one attached hydrogen (secondary N) is 1. The molecular formula is C13H20N2O2S. The predicted molar refractivity (Wildman–Crippen MR) is 75.8 cm³/mol. The highest BCUT2D eigenvalue weighted by Gasteiger charge is 2.24. The van der Waals surface area contributed by atoms with Crippen molar-refractivity contribution in [3.8, 4) is 0 Å². The summed E-state index contributed by atoms with van der Waals surface area (Å²) in [7, 11) is -1.21. The van der Waals surface area contributed by atoms with Gasteiger partial charge in [0.15, 0.2) is 0 Å². The molecule has 0 bridgehead atoms. The Hall–Kier alpha value is -1.20. The Kier molecular flexibility index (Phi) is 6.01. The van der Waals surface area contributed by atoms with Gasteiger partial charge in [0.05, 0.1) is 0 Å². The van der Waals surface area contributed by atoms with Gasteiger partial charge in [-0.05, 0) is 32.0 Å². The molecule has 0 aliphatic rings. The molecule has 5 heteroatoms. The van der Waals surface area contributed by atoms with Crippen LogP contribution >= 0.6 is 0 Å². The Labute approximate surface area is 110 Å². The predicted octanol–water partition coefficient (Wildman–Crippen LogP) is 1.50. The van der Waals surface area contributed by atoms with Crippen LogP contribution in [0.15, 0.2) is 30.3 Å². The Morgan fingerprint density at radius 3 is 2.50 bits per heavy atom. The maximum absolute atomic E-state index is 12.1. The minimum atomic E-state index is -1.21. The van der Waals surface area contributed by atoms with E-state index in [-0.39, 0.29) is 11.2 Å². The van der Waals surface area contributed by atoms with Crippen LogP contribution in [0.5, 0.6) is 0 Å².